The molecule has 82 valence electrons. The number of aliphatic hydroxyl groups excluding tert-OH is 1. The van der Waals surface area contributed by atoms with Gasteiger partial charge in [-0.1, -0.05) is 6.07 Å². The minimum Gasteiger partial charge on any atom is -0.491 e. The van der Waals surface area contributed by atoms with Crippen LogP contribution in [0, 0.1) is 5.82 Å². The summed E-state index contributed by atoms with van der Waals surface area (Å²) in [6.07, 6.45) is 0. The van der Waals surface area contributed by atoms with E-state index in [1.165, 1.54) is 12.1 Å². The highest BCUT2D eigenvalue weighted by Crippen LogP contribution is 2.19. The maximum Gasteiger partial charge on any atom is 0.488 e. The lowest BCUT2D eigenvalue weighted by Gasteiger charge is -2.11. The summed E-state index contributed by atoms with van der Waals surface area (Å²) in [6.45, 7) is 1.38. The van der Waals surface area contributed by atoms with Crippen molar-refractivity contribution in [2.45, 2.75) is 13.5 Å². The number of benzene rings is 1. The largest absolute Gasteiger partial charge is 0.491 e. The van der Waals surface area contributed by atoms with E-state index in [1.807, 2.05) is 0 Å². The first-order valence-electron chi connectivity index (χ1n) is 4.52. The molecule has 0 fully saturated rings. The van der Waals surface area contributed by atoms with Crippen molar-refractivity contribution in [2.75, 3.05) is 6.61 Å². The van der Waals surface area contributed by atoms with Crippen LogP contribution in [0.1, 0.15) is 12.5 Å². The molecule has 0 heterocycles. The first-order chi connectivity index (χ1) is 7.11. The smallest absolute Gasteiger partial charge is 0.488 e. The van der Waals surface area contributed by atoms with Gasteiger partial charge in [0, 0.05) is 5.56 Å². The quantitative estimate of drug-likeness (QED) is 0.585. The van der Waals surface area contributed by atoms with Crippen LogP contribution in [0.4, 0.5) is 4.39 Å². The van der Waals surface area contributed by atoms with Crippen LogP contribution in [0.3, 0.4) is 0 Å². The average molecular weight is 214 g/mol. The molecular formula is C9H12BFO4. The van der Waals surface area contributed by atoms with Crippen molar-refractivity contribution in [3.05, 3.63) is 23.5 Å². The monoisotopic (exact) mass is 214 g/mol. The summed E-state index contributed by atoms with van der Waals surface area (Å²) in [5.41, 5.74) is -0.214. The van der Waals surface area contributed by atoms with Gasteiger partial charge in [0.25, 0.3) is 0 Å². The van der Waals surface area contributed by atoms with Crippen LogP contribution in [-0.4, -0.2) is 28.9 Å². The highest BCUT2D eigenvalue weighted by Gasteiger charge is 2.21. The fourth-order valence-electron chi connectivity index (χ4n) is 1.28. The second-order valence-corrected chi connectivity index (χ2v) is 2.91. The fraction of sp³-hybridized carbons (Fsp3) is 0.333. The van der Waals surface area contributed by atoms with Crippen molar-refractivity contribution < 1.29 is 24.3 Å². The number of halogens is 1. The van der Waals surface area contributed by atoms with E-state index >= 15 is 0 Å². The van der Waals surface area contributed by atoms with Gasteiger partial charge in [0.05, 0.1) is 13.2 Å². The Bertz CT molecular complexity index is 343. The molecule has 0 aliphatic rings. The molecule has 0 radical (unpaired) electrons. The van der Waals surface area contributed by atoms with E-state index < -0.39 is 19.5 Å². The fourth-order valence-corrected chi connectivity index (χ4v) is 1.28. The molecule has 1 rings (SSSR count). The highest BCUT2D eigenvalue weighted by atomic mass is 19.1. The lowest BCUT2D eigenvalue weighted by atomic mass is 9.77. The number of rotatable bonds is 4. The number of ether oxygens (including phenoxy) is 1. The van der Waals surface area contributed by atoms with Crippen molar-refractivity contribution >= 4 is 12.6 Å². The normalized spacial score (nSPS) is 10.2. The van der Waals surface area contributed by atoms with Gasteiger partial charge in [-0.25, -0.2) is 4.39 Å². The summed E-state index contributed by atoms with van der Waals surface area (Å²) in [5.74, 6) is -0.768. The minimum absolute atomic E-state index is 0.00838. The lowest BCUT2D eigenvalue weighted by Crippen LogP contribution is -2.34. The maximum atomic E-state index is 13.6. The third kappa shape index (κ3) is 2.47. The number of hydrogen-bond donors (Lipinski definition) is 3. The van der Waals surface area contributed by atoms with E-state index in [9.17, 15) is 4.39 Å². The van der Waals surface area contributed by atoms with Crippen molar-refractivity contribution in [3.8, 4) is 5.75 Å². The summed E-state index contributed by atoms with van der Waals surface area (Å²) in [5, 5.41) is 26.8. The van der Waals surface area contributed by atoms with Crippen molar-refractivity contribution in [3.63, 3.8) is 0 Å². The molecule has 0 spiro atoms. The van der Waals surface area contributed by atoms with E-state index in [0.717, 1.165) is 0 Å². The van der Waals surface area contributed by atoms with E-state index in [2.05, 4.69) is 0 Å². The molecule has 3 N–H and O–H groups in total. The summed E-state index contributed by atoms with van der Waals surface area (Å²) >= 11 is 0. The van der Waals surface area contributed by atoms with Gasteiger partial charge >= 0.3 is 7.12 Å². The van der Waals surface area contributed by atoms with Crippen LogP contribution >= 0.6 is 0 Å². The predicted molar refractivity (Wildman–Crippen MR) is 53.3 cm³/mol. The predicted octanol–water partition coefficient (Wildman–Crippen LogP) is -0.603. The van der Waals surface area contributed by atoms with Gasteiger partial charge in [-0.15, -0.1) is 0 Å². The van der Waals surface area contributed by atoms with Crippen LogP contribution in [0.2, 0.25) is 0 Å². The van der Waals surface area contributed by atoms with E-state index in [-0.39, 0.29) is 16.8 Å². The molecular weight excluding hydrogens is 202 g/mol. The molecule has 0 amide bonds. The SMILES string of the molecule is CCOc1ccc(B(O)O)c(CO)c1F. The Hall–Kier alpha value is -1.11. The molecule has 4 nitrogen and oxygen atoms in total. The first kappa shape index (κ1) is 12.0. The van der Waals surface area contributed by atoms with Gasteiger partial charge < -0.3 is 19.9 Å². The average Bonchev–Trinajstić information content (AvgIpc) is 2.20. The zero-order valence-electron chi connectivity index (χ0n) is 8.27. The van der Waals surface area contributed by atoms with E-state index in [0.29, 0.717) is 6.61 Å². The van der Waals surface area contributed by atoms with Gasteiger partial charge in [0.2, 0.25) is 0 Å². The Morgan fingerprint density at radius 3 is 2.53 bits per heavy atom. The second-order valence-electron chi connectivity index (χ2n) is 2.91. The summed E-state index contributed by atoms with van der Waals surface area (Å²) in [6, 6.07) is 2.61. The molecule has 0 saturated heterocycles. The van der Waals surface area contributed by atoms with Gasteiger partial charge in [-0.05, 0) is 18.5 Å². The Morgan fingerprint density at radius 2 is 2.07 bits per heavy atom. The summed E-state index contributed by atoms with van der Waals surface area (Å²) in [4.78, 5) is 0. The molecule has 1 aromatic rings. The summed E-state index contributed by atoms with van der Waals surface area (Å²) in [7, 11) is -1.81. The van der Waals surface area contributed by atoms with Crippen molar-refractivity contribution in [1.82, 2.24) is 0 Å². The highest BCUT2D eigenvalue weighted by molar-refractivity contribution is 6.59. The standard InChI is InChI=1S/C9H12BFO4/c1-2-15-8-4-3-7(10(13)14)6(5-12)9(8)11/h3-4,12-14H,2,5H2,1H3. The van der Waals surface area contributed by atoms with Crippen LogP contribution < -0.4 is 10.2 Å². The zero-order chi connectivity index (χ0) is 11.4. The van der Waals surface area contributed by atoms with Crippen molar-refractivity contribution in [1.29, 1.82) is 0 Å². The molecule has 0 bridgehead atoms. The third-order valence-corrected chi connectivity index (χ3v) is 1.98. The van der Waals surface area contributed by atoms with Crippen LogP contribution in [-0.2, 0) is 6.61 Å². The first-order valence-corrected chi connectivity index (χ1v) is 4.52. The molecule has 0 aromatic heterocycles. The molecule has 1 aromatic carbocycles. The Balaban J connectivity index is 3.20. The zero-order valence-corrected chi connectivity index (χ0v) is 8.27. The minimum atomic E-state index is -1.81. The third-order valence-electron chi connectivity index (χ3n) is 1.98. The molecule has 0 aliphatic heterocycles. The topological polar surface area (TPSA) is 69.9 Å². The van der Waals surface area contributed by atoms with Crippen LogP contribution in [0.25, 0.3) is 0 Å². The van der Waals surface area contributed by atoms with E-state index in [4.69, 9.17) is 19.9 Å². The van der Waals surface area contributed by atoms with Gasteiger partial charge in [-0.2, -0.15) is 0 Å². The molecule has 0 aliphatic carbocycles. The Kier molecular flexibility index (Phi) is 4.08. The lowest BCUT2D eigenvalue weighted by molar-refractivity contribution is 0.269. The van der Waals surface area contributed by atoms with Gasteiger partial charge in [0.15, 0.2) is 11.6 Å². The van der Waals surface area contributed by atoms with Crippen LogP contribution in [0.15, 0.2) is 12.1 Å². The van der Waals surface area contributed by atoms with Gasteiger partial charge in [0.1, 0.15) is 0 Å². The van der Waals surface area contributed by atoms with Crippen molar-refractivity contribution in [2.24, 2.45) is 0 Å². The summed E-state index contributed by atoms with van der Waals surface area (Å²) < 4.78 is 18.5. The molecule has 0 saturated carbocycles. The molecule has 15 heavy (non-hydrogen) atoms. The van der Waals surface area contributed by atoms with Gasteiger partial charge in [-0.3, -0.25) is 0 Å². The maximum absolute atomic E-state index is 13.6. The van der Waals surface area contributed by atoms with Crippen LogP contribution in [0.5, 0.6) is 5.75 Å². The van der Waals surface area contributed by atoms with E-state index in [1.54, 1.807) is 6.92 Å². The molecule has 0 unspecified atom stereocenters. The number of hydrogen-bond acceptors (Lipinski definition) is 4. The Labute approximate surface area is 87.1 Å². The Morgan fingerprint density at radius 1 is 1.40 bits per heavy atom. The molecule has 6 heteroatoms. The number of aliphatic hydroxyl groups is 1. The second kappa shape index (κ2) is 5.11. The molecule has 0 atom stereocenters.